The van der Waals surface area contributed by atoms with Crippen molar-refractivity contribution in [1.82, 2.24) is 24.1 Å². The summed E-state index contributed by atoms with van der Waals surface area (Å²) in [5.74, 6) is 1.32. The first-order valence-corrected chi connectivity index (χ1v) is 30.7. The van der Waals surface area contributed by atoms with Crippen LogP contribution in [0.4, 0.5) is 0 Å². The van der Waals surface area contributed by atoms with E-state index in [0.29, 0.717) is 0 Å². The molecule has 0 spiro atoms. The van der Waals surface area contributed by atoms with Crippen LogP contribution in [0, 0.1) is 18.2 Å². The van der Waals surface area contributed by atoms with Crippen LogP contribution in [0.15, 0.2) is 276 Å². The van der Waals surface area contributed by atoms with Crippen LogP contribution in [0.1, 0.15) is 50.7 Å². The minimum atomic E-state index is 0. The predicted molar refractivity (Wildman–Crippen MR) is 369 cm³/mol. The van der Waals surface area contributed by atoms with Crippen molar-refractivity contribution >= 4 is 76.7 Å². The van der Waals surface area contributed by atoms with E-state index in [0.717, 1.165) is 128 Å². The second kappa shape index (κ2) is 23.6. The van der Waals surface area contributed by atoms with Crippen LogP contribution in [-0.4, -0.2) is 24.1 Å². The van der Waals surface area contributed by atoms with Crippen molar-refractivity contribution in [1.29, 1.82) is 0 Å². The molecule has 91 heavy (non-hydrogen) atoms. The number of furan rings is 2. The van der Waals surface area contributed by atoms with E-state index in [2.05, 4.69) is 247 Å². The van der Waals surface area contributed by atoms with Gasteiger partial charge in [-0.15, -0.1) is 89.5 Å². The number of hydrogen-bond acceptors (Lipinski definition) is 5. The van der Waals surface area contributed by atoms with Crippen molar-refractivity contribution < 1.29 is 28.9 Å². The minimum Gasteiger partial charge on any atom is -0.501 e. The van der Waals surface area contributed by atoms with Gasteiger partial charge in [0, 0.05) is 50.7 Å². The largest absolute Gasteiger partial charge is 3.00 e. The van der Waals surface area contributed by atoms with E-state index in [9.17, 15) is 0 Å². The normalized spacial score (nSPS) is 11.6. The van der Waals surface area contributed by atoms with Gasteiger partial charge in [0.15, 0.2) is 0 Å². The molecule has 0 aliphatic carbocycles. The molecule has 7 nitrogen and oxygen atoms in total. The molecule has 0 radical (unpaired) electrons. The van der Waals surface area contributed by atoms with E-state index in [4.69, 9.17) is 13.8 Å². The zero-order valence-electron chi connectivity index (χ0n) is 50.4. The molecule has 0 aliphatic heterocycles. The number of nitrogens with zero attached hydrogens (tertiary/aromatic N) is 5. The van der Waals surface area contributed by atoms with Crippen molar-refractivity contribution in [3.05, 3.63) is 297 Å². The Hall–Kier alpha value is -10.8. The first-order valence-electron chi connectivity index (χ1n) is 30.7. The molecular weight excluding hydrogens is 1290 g/mol. The maximum absolute atomic E-state index is 6.52. The van der Waals surface area contributed by atoms with Crippen LogP contribution in [-0.2, 0) is 20.1 Å². The van der Waals surface area contributed by atoms with E-state index < -0.39 is 0 Å². The van der Waals surface area contributed by atoms with Crippen LogP contribution >= 0.6 is 0 Å². The Morgan fingerprint density at radius 2 is 1.07 bits per heavy atom. The van der Waals surface area contributed by atoms with Gasteiger partial charge in [0.05, 0.1) is 33.5 Å². The average Bonchev–Trinajstić information content (AvgIpc) is 1.66. The molecule has 6 aromatic heterocycles. The van der Waals surface area contributed by atoms with Crippen LogP contribution < -0.4 is 0 Å². The third-order valence-electron chi connectivity index (χ3n) is 17.4. The molecule has 0 unspecified atom stereocenters. The summed E-state index contributed by atoms with van der Waals surface area (Å²) in [6.07, 6.45) is 3.72. The Balaban J connectivity index is 0.000000150. The van der Waals surface area contributed by atoms with E-state index in [1.807, 2.05) is 85.2 Å². The van der Waals surface area contributed by atoms with Gasteiger partial charge >= 0.3 is 20.1 Å². The maximum atomic E-state index is 6.52. The van der Waals surface area contributed by atoms with Crippen molar-refractivity contribution in [2.24, 2.45) is 0 Å². The quantitative estimate of drug-likeness (QED) is 0.128. The number of para-hydroxylation sites is 5. The Morgan fingerprint density at radius 1 is 0.396 bits per heavy atom. The van der Waals surface area contributed by atoms with Gasteiger partial charge in [-0.05, 0) is 153 Å². The first kappa shape index (κ1) is 56.7. The SMILES string of the molecule is CC(C)c1cc(-c2ccc3c(c2)oc2ccccc23)cc(C(C)C)c1-n1c(-c2[c-]ccc3c2oc2ccccc23)nc2ccccc21.[Ir+3].[c-]1ccccc1-c1cc(-c2cccc3c2c2cc(-c4cc[c-]c(-c5ccccn5)c4)ccc2n3-c2ccccc2)ccn1. The maximum Gasteiger partial charge on any atom is 3.00 e. The molecule has 8 heteroatoms. The molecule has 17 rings (SSSR count). The minimum absolute atomic E-state index is 0. The number of rotatable bonds is 10. The van der Waals surface area contributed by atoms with Crippen molar-refractivity contribution in [3.8, 4) is 78.7 Å². The monoisotopic (exact) mass is 1350 g/mol. The van der Waals surface area contributed by atoms with Crippen molar-refractivity contribution in [2.75, 3.05) is 0 Å². The molecule has 11 aromatic carbocycles. The third kappa shape index (κ3) is 10.1. The van der Waals surface area contributed by atoms with E-state index in [1.54, 1.807) is 0 Å². The van der Waals surface area contributed by atoms with E-state index in [1.165, 1.54) is 38.7 Å². The Labute approximate surface area is 540 Å². The zero-order valence-corrected chi connectivity index (χ0v) is 52.8. The smallest absolute Gasteiger partial charge is 0.501 e. The second-order valence-electron chi connectivity index (χ2n) is 23.6. The van der Waals surface area contributed by atoms with E-state index in [-0.39, 0.29) is 31.9 Å². The summed E-state index contributed by atoms with van der Waals surface area (Å²) in [6, 6.07) is 99.0. The molecule has 6 heterocycles. The van der Waals surface area contributed by atoms with Crippen LogP contribution in [0.2, 0.25) is 0 Å². The van der Waals surface area contributed by atoms with Gasteiger partial charge in [0.25, 0.3) is 0 Å². The molecular formula is C83H58IrN5O2. The Bertz CT molecular complexity index is 5530. The molecule has 17 aromatic rings. The predicted octanol–water partition coefficient (Wildman–Crippen LogP) is 22.0. The van der Waals surface area contributed by atoms with Gasteiger partial charge in [-0.1, -0.05) is 148 Å². The molecule has 0 amide bonds. The molecule has 0 aliphatic rings. The van der Waals surface area contributed by atoms with Crippen molar-refractivity contribution in [3.63, 3.8) is 0 Å². The summed E-state index contributed by atoms with van der Waals surface area (Å²) in [5, 5.41) is 6.86. The summed E-state index contributed by atoms with van der Waals surface area (Å²) in [4.78, 5) is 14.5. The van der Waals surface area contributed by atoms with Crippen molar-refractivity contribution in [2.45, 2.75) is 39.5 Å². The van der Waals surface area contributed by atoms with Crippen LogP contribution in [0.3, 0.4) is 0 Å². The van der Waals surface area contributed by atoms with Gasteiger partial charge in [0.1, 0.15) is 16.7 Å². The van der Waals surface area contributed by atoms with Gasteiger partial charge in [-0.2, -0.15) is 0 Å². The summed E-state index contributed by atoms with van der Waals surface area (Å²) in [5.41, 5.74) is 24.2. The number of aromatic nitrogens is 5. The number of hydrogen-bond donors (Lipinski definition) is 0. The number of fused-ring (bicyclic) bond motifs is 10. The second-order valence-corrected chi connectivity index (χ2v) is 23.6. The molecule has 0 fully saturated rings. The summed E-state index contributed by atoms with van der Waals surface area (Å²) in [6.45, 7) is 9.11. The third-order valence-corrected chi connectivity index (χ3v) is 17.4. The van der Waals surface area contributed by atoms with Gasteiger partial charge < -0.3 is 27.9 Å². The first-order chi connectivity index (χ1) is 44.3. The topological polar surface area (TPSA) is 74.8 Å². The van der Waals surface area contributed by atoms with Crippen LogP contribution in [0.25, 0.3) is 155 Å². The Kier molecular flexibility index (Phi) is 14.7. The number of imidazole rings is 1. The van der Waals surface area contributed by atoms with Gasteiger partial charge in [-0.25, -0.2) is 0 Å². The Morgan fingerprint density at radius 3 is 1.86 bits per heavy atom. The fraction of sp³-hybridized carbons (Fsp3) is 0.0723. The van der Waals surface area contributed by atoms with E-state index >= 15 is 0 Å². The number of benzene rings is 11. The molecule has 0 N–H and O–H groups in total. The van der Waals surface area contributed by atoms with Gasteiger partial charge in [0.2, 0.25) is 0 Å². The summed E-state index contributed by atoms with van der Waals surface area (Å²) in [7, 11) is 0. The molecule has 0 atom stereocenters. The molecule has 436 valence electrons. The van der Waals surface area contributed by atoms with Crippen LogP contribution in [0.5, 0.6) is 0 Å². The summed E-state index contributed by atoms with van der Waals surface area (Å²) >= 11 is 0. The van der Waals surface area contributed by atoms with Gasteiger partial charge in [-0.3, -0.25) is 4.98 Å². The zero-order chi connectivity index (χ0) is 60.4. The molecule has 0 bridgehead atoms. The fourth-order valence-electron chi connectivity index (χ4n) is 13.1. The average molecular weight is 1350 g/mol. The summed E-state index contributed by atoms with van der Waals surface area (Å²) < 4.78 is 17.5. The molecule has 0 saturated heterocycles. The number of pyridine rings is 2. The fourth-order valence-corrected chi connectivity index (χ4v) is 13.1. The standard InChI is InChI=1S/C43H33N2O2.C40H25N3.Ir/c1-25(2)34-22-28(27-20-21-31-29-12-5-9-18-38(29)46-40(31)24-27)23-35(26(3)4)41(34)45-37-17-8-7-16-36(37)44-43(45)33-15-11-14-32-30-13-6-10-19-39(30)47-42(32)33;1-3-11-28(12-4-1)37-27-31(22-24-42-37)34-17-10-19-39-40(34)35-26-30(20-21-38(35)43(39)33-15-5-2-6-16-33)29-13-9-14-32(25-29)36-18-7-8-23-41-36;/h5-14,16-26H,1-4H3;1-11,13,15-27H;/q-1;-2;+3. The molecule has 0 saturated carbocycles.